The molecule has 0 bridgehead atoms. The van der Waals surface area contributed by atoms with Crippen molar-refractivity contribution in [2.75, 3.05) is 6.54 Å². The van der Waals surface area contributed by atoms with E-state index in [1.165, 1.54) is 6.92 Å². The van der Waals surface area contributed by atoms with Crippen LogP contribution in [0.25, 0.3) is 10.9 Å². The van der Waals surface area contributed by atoms with E-state index >= 15 is 0 Å². The number of Topliss-reactive ketones (excluding diaryl/α,β-unsaturated/α-hetero) is 1. The van der Waals surface area contributed by atoms with Crippen molar-refractivity contribution < 1.29 is 23.9 Å². The third-order valence-electron chi connectivity index (χ3n) is 5.39. The summed E-state index contributed by atoms with van der Waals surface area (Å²) in [7, 11) is 0. The van der Waals surface area contributed by atoms with E-state index in [2.05, 4.69) is 10.3 Å². The van der Waals surface area contributed by atoms with E-state index in [0.29, 0.717) is 17.9 Å². The number of carbonyl (C=O) groups is 4. The molecule has 8 nitrogen and oxygen atoms in total. The highest BCUT2D eigenvalue weighted by Crippen LogP contribution is 2.25. The van der Waals surface area contributed by atoms with Crippen LogP contribution in [0.2, 0.25) is 0 Å². The Balaban J connectivity index is 1.63. The number of hydrogen-bond donors (Lipinski definition) is 2. The minimum absolute atomic E-state index is 0.361. The molecule has 1 saturated heterocycles. The summed E-state index contributed by atoms with van der Waals surface area (Å²) >= 11 is 0. The van der Waals surface area contributed by atoms with Gasteiger partial charge in [-0.25, -0.2) is 4.79 Å². The van der Waals surface area contributed by atoms with Gasteiger partial charge in [-0.2, -0.15) is 0 Å². The van der Waals surface area contributed by atoms with Gasteiger partial charge in [-0.15, -0.1) is 0 Å². The van der Waals surface area contributed by atoms with Crippen LogP contribution in [0.5, 0.6) is 0 Å². The number of aromatic amines is 1. The smallest absolute Gasteiger partial charge is 0.326 e. The van der Waals surface area contributed by atoms with Crippen LogP contribution in [-0.2, 0) is 14.3 Å². The molecule has 1 aromatic carbocycles. The molecule has 0 aliphatic carbocycles. The molecule has 3 amide bonds. The first-order chi connectivity index (χ1) is 14.1. The maximum atomic E-state index is 12.7. The van der Waals surface area contributed by atoms with E-state index < -0.39 is 36.1 Å². The van der Waals surface area contributed by atoms with E-state index in [9.17, 15) is 19.2 Å². The molecule has 2 heterocycles. The molecule has 8 heteroatoms. The fourth-order valence-electron chi connectivity index (χ4n) is 3.55. The zero-order valence-electron chi connectivity index (χ0n) is 17.7. The van der Waals surface area contributed by atoms with E-state index in [4.69, 9.17) is 4.74 Å². The van der Waals surface area contributed by atoms with Crippen molar-refractivity contribution >= 4 is 34.6 Å². The second-order valence-electron chi connectivity index (χ2n) is 8.33. The Morgan fingerprint density at radius 1 is 1.17 bits per heavy atom. The number of imide groups is 1. The number of nitrogens with one attached hydrogen (secondary N) is 2. The molecule has 2 atom stereocenters. The van der Waals surface area contributed by atoms with Gasteiger partial charge in [-0.05, 0) is 38.7 Å². The van der Waals surface area contributed by atoms with Gasteiger partial charge < -0.3 is 15.0 Å². The number of hydrogen-bond acceptors (Lipinski definition) is 5. The molecule has 160 valence electrons. The number of benzene rings is 1. The number of amides is 3. The molecular formula is C22H27N3O5. The number of fused-ring (bicyclic) bond motifs is 1. The molecule has 0 spiro atoms. The maximum Gasteiger partial charge on any atom is 0.326 e. The summed E-state index contributed by atoms with van der Waals surface area (Å²) in [5, 5.41) is 3.40. The lowest BCUT2D eigenvalue weighted by Crippen LogP contribution is -2.44. The van der Waals surface area contributed by atoms with Crippen LogP contribution < -0.4 is 5.32 Å². The average Bonchev–Trinajstić information content (AvgIpc) is 3.21. The third-order valence-corrected chi connectivity index (χ3v) is 5.39. The first kappa shape index (κ1) is 21.5. The minimum Gasteiger partial charge on any atom is -0.453 e. The van der Waals surface area contributed by atoms with E-state index in [-0.39, 0.29) is 5.78 Å². The summed E-state index contributed by atoms with van der Waals surface area (Å²) in [4.78, 5) is 53.9. The SMILES string of the molecule is CC(C)CC[C@@]1(C)NC(=O)N(CC(=O)O[C@@H](C)C(=O)c2c[nH]c3ccccc23)C1=O. The Morgan fingerprint density at radius 3 is 2.57 bits per heavy atom. The van der Waals surface area contributed by atoms with Crippen molar-refractivity contribution in [1.29, 1.82) is 0 Å². The number of carbonyl (C=O) groups excluding carboxylic acids is 4. The number of esters is 1. The predicted octanol–water partition coefficient (Wildman–Crippen LogP) is 3.03. The van der Waals surface area contributed by atoms with Gasteiger partial charge >= 0.3 is 12.0 Å². The van der Waals surface area contributed by atoms with Crippen molar-refractivity contribution in [2.24, 2.45) is 5.92 Å². The standard InChI is InChI=1S/C22H27N3O5/c1-13(2)9-10-22(4)20(28)25(21(29)24-22)12-18(26)30-14(3)19(27)16-11-23-17-8-6-5-7-15(16)17/h5-8,11,13-14,23H,9-10,12H2,1-4H3,(H,24,29)/t14-,22+/m0/s1. The van der Waals surface area contributed by atoms with Gasteiger partial charge in [-0.1, -0.05) is 32.0 Å². The number of nitrogens with zero attached hydrogens (tertiary/aromatic N) is 1. The fourth-order valence-corrected chi connectivity index (χ4v) is 3.55. The number of aromatic nitrogens is 1. The van der Waals surface area contributed by atoms with E-state index in [1.807, 2.05) is 32.0 Å². The van der Waals surface area contributed by atoms with Gasteiger partial charge in [0.05, 0.1) is 0 Å². The molecule has 0 unspecified atom stereocenters. The summed E-state index contributed by atoms with van der Waals surface area (Å²) in [6.45, 7) is 6.66. The summed E-state index contributed by atoms with van der Waals surface area (Å²) in [5.41, 5.74) is 0.189. The van der Waals surface area contributed by atoms with E-state index in [0.717, 1.165) is 22.2 Å². The number of H-pyrrole nitrogens is 1. The molecule has 1 aliphatic heterocycles. The van der Waals surface area contributed by atoms with Crippen LogP contribution in [0.15, 0.2) is 30.5 Å². The molecule has 2 aromatic rings. The Hall–Kier alpha value is -3.16. The van der Waals surface area contributed by atoms with Crippen LogP contribution in [0, 0.1) is 5.92 Å². The van der Waals surface area contributed by atoms with Crippen LogP contribution >= 0.6 is 0 Å². The van der Waals surface area contributed by atoms with Gasteiger partial charge in [-0.3, -0.25) is 19.3 Å². The lowest BCUT2D eigenvalue weighted by molar-refractivity contribution is -0.149. The van der Waals surface area contributed by atoms with Gasteiger partial charge in [0.2, 0.25) is 5.78 Å². The highest BCUT2D eigenvalue weighted by atomic mass is 16.5. The Labute approximate surface area is 174 Å². The van der Waals surface area contributed by atoms with Crippen molar-refractivity contribution in [3.8, 4) is 0 Å². The second-order valence-corrected chi connectivity index (χ2v) is 8.33. The quantitative estimate of drug-likeness (QED) is 0.393. The fraction of sp³-hybridized carbons (Fsp3) is 0.455. The Bertz CT molecular complexity index is 996. The summed E-state index contributed by atoms with van der Waals surface area (Å²) in [6, 6.07) is 6.69. The van der Waals surface area contributed by atoms with Crippen molar-refractivity contribution in [1.82, 2.24) is 15.2 Å². The number of para-hydroxylation sites is 1. The van der Waals surface area contributed by atoms with Crippen molar-refractivity contribution in [3.05, 3.63) is 36.0 Å². The molecule has 0 radical (unpaired) electrons. The predicted molar refractivity (Wildman–Crippen MR) is 111 cm³/mol. The summed E-state index contributed by atoms with van der Waals surface area (Å²) in [5.74, 6) is -1.25. The molecule has 0 saturated carbocycles. The normalized spacial score (nSPS) is 20.0. The third kappa shape index (κ3) is 4.22. The van der Waals surface area contributed by atoms with E-state index in [1.54, 1.807) is 19.2 Å². The number of urea groups is 1. The van der Waals surface area contributed by atoms with Gasteiger partial charge in [0, 0.05) is 22.7 Å². The minimum atomic E-state index is -1.05. The summed E-state index contributed by atoms with van der Waals surface area (Å²) < 4.78 is 5.23. The van der Waals surface area contributed by atoms with Crippen LogP contribution in [0.1, 0.15) is 50.9 Å². The Morgan fingerprint density at radius 2 is 1.87 bits per heavy atom. The van der Waals surface area contributed by atoms with Crippen LogP contribution in [-0.4, -0.2) is 51.8 Å². The molecule has 30 heavy (non-hydrogen) atoms. The molecular weight excluding hydrogens is 386 g/mol. The number of ether oxygens (including phenoxy) is 1. The number of ketones is 1. The lowest BCUT2D eigenvalue weighted by atomic mass is 9.92. The molecule has 2 N–H and O–H groups in total. The zero-order valence-corrected chi connectivity index (χ0v) is 17.7. The van der Waals surface area contributed by atoms with Gasteiger partial charge in [0.1, 0.15) is 12.1 Å². The molecule has 3 rings (SSSR count). The topological polar surface area (TPSA) is 109 Å². The second kappa shape index (κ2) is 8.30. The average molecular weight is 413 g/mol. The van der Waals surface area contributed by atoms with Crippen molar-refractivity contribution in [3.63, 3.8) is 0 Å². The lowest BCUT2D eigenvalue weighted by Gasteiger charge is -2.22. The van der Waals surface area contributed by atoms with Crippen LogP contribution in [0.3, 0.4) is 0 Å². The van der Waals surface area contributed by atoms with Crippen LogP contribution in [0.4, 0.5) is 4.79 Å². The number of rotatable bonds is 8. The molecule has 1 aliphatic rings. The monoisotopic (exact) mass is 413 g/mol. The van der Waals surface area contributed by atoms with Gasteiger partial charge in [0.25, 0.3) is 5.91 Å². The largest absolute Gasteiger partial charge is 0.453 e. The first-order valence-electron chi connectivity index (χ1n) is 10.1. The highest BCUT2D eigenvalue weighted by molar-refractivity contribution is 6.11. The molecule has 1 aromatic heterocycles. The highest BCUT2D eigenvalue weighted by Gasteiger charge is 2.48. The van der Waals surface area contributed by atoms with Crippen molar-refractivity contribution in [2.45, 2.75) is 52.2 Å². The summed E-state index contributed by atoms with van der Waals surface area (Å²) in [6.07, 6.45) is 1.77. The first-order valence-corrected chi connectivity index (χ1v) is 10.1. The van der Waals surface area contributed by atoms with Gasteiger partial charge in [0.15, 0.2) is 6.10 Å². The zero-order chi connectivity index (χ0) is 22.1. The maximum absolute atomic E-state index is 12.7. The Kier molecular flexibility index (Phi) is 5.96. The molecule has 1 fully saturated rings.